The normalized spacial score (nSPS) is 23.4. The van der Waals surface area contributed by atoms with E-state index in [0.717, 1.165) is 18.5 Å². The van der Waals surface area contributed by atoms with Crippen molar-refractivity contribution in [2.75, 3.05) is 13.7 Å². The number of methoxy groups -OCH3 is 1. The Kier molecular flexibility index (Phi) is 4.45. The Morgan fingerprint density at radius 2 is 2.12 bits per heavy atom. The molecule has 3 rings (SSSR count). The number of amides is 1. The van der Waals surface area contributed by atoms with Gasteiger partial charge in [-0.15, -0.1) is 0 Å². The first kappa shape index (κ1) is 16.7. The van der Waals surface area contributed by atoms with E-state index in [9.17, 15) is 14.4 Å². The van der Waals surface area contributed by atoms with E-state index >= 15 is 0 Å². The van der Waals surface area contributed by atoms with E-state index in [1.165, 1.54) is 0 Å². The van der Waals surface area contributed by atoms with Crippen LogP contribution in [-0.4, -0.2) is 58.5 Å². The topological polar surface area (TPSA) is 99.7 Å². The minimum absolute atomic E-state index is 0.0716. The van der Waals surface area contributed by atoms with Gasteiger partial charge in [0.05, 0.1) is 12.5 Å². The molecular weight excluding hydrogens is 312 g/mol. The smallest absolute Gasteiger partial charge is 0.305 e. The zero-order valence-electron chi connectivity index (χ0n) is 13.9. The highest BCUT2D eigenvalue weighted by Gasteiger charge is 2.38. The third-order valence-corrected chi connectivity index (χ3v) is 5.03. The number of Topliss-reactive ketones (excluding diaryl/α,β-unsaturated/α-hetero) is 1. The van der Waals surface area contributed by atoms with E-state index in [-0.39, 0.29) is 24.2 Å². The van der Waals surface area contributed by atoms with Gasteiger partial charge in [-0.05, 0) is 31.7 Å². The van der Waals surface area contributed by atoms with Gasteiger partial charge in [0.25, 0.3) is 5.91 Å². The average molecular weight is 334 g/mol. The molecule has 2 heterocycles. The lowest BCUT2D eigenvalue weighted by atomic mass is 9.93. The van der Waals surface area contributed by atoms with Gasteiger partial charge in [0.2, 0.25) is 0 Å². The van der Waals surface area contributed by atoms with Crippen molar-refractivity contribution in [3.8, 4) is 0 Å². The molecule has 130 valence electrons. The first-order valence-electron chi connectivity index (χ1n) is 8.22. The molecule has 2 aliphatic rings. The second kappa shape index (κ2) is 6.39. The van der Waals surface area contributed by atoms with Crippen LogP contribution in [0.1, 0.15) is 57.8 Å². The van der Waals surface area contributed by atoms with Crippen molar-refractivity contribution in [3.05, 3.63) is 22.5 Å². The summed E-state index contributed by atoms with van der Waals surface area (Å²) in [5, 5.41) is 9.09. The van der Waals surface area contributed by atoms with E-state index in [0.29, 0.717) is 36.2 Å². The molecule has 0 bridgehead atoms. The van der Waals surface area contributed by atoms with Crippen LogP contribution in [0.3, 0.4) is 0 Å². The van der Waals surface area contributed by atoms with Gasteiger partial charge in [-0.2, -0.15) is 0 Å². The first-order valence-corrected chi connectivity index (χ1v) is 8.22. The van der Waals surface area contributed by atoms with Gasteiger partial charge in [-0.25, -0.2) is 0 Å². The standard InChI is InChI=1S/C17H22N2O5/c1-9-15-12(4-3-5-13(15)20)18-16(9)17(23)19-8-11(24-2)6-10(19)7-14(21)22/h10-11,18H,3-8H2,1-2H3,(H,21,22). The number of carboxylic acids is 1. The summed E-state index contributed by atoms with van der Waals surface area (Å²) in [5.41, 5.74) is 2.54. The molecule has 1 aromatic rings. The maximum Gasteiger partial charge on any atom is 0.305 e. The van der Waals surface area contributed by atoms with Gasteiger partial charge >= 0.3 is 5.97 Å². The minimum Gasteiger partial charge on any atom is -0.481 e. The largest absolute Gasteiger partial charge is 0.481 e. The number of ketones is 1. The van der Waals surface area contributed by atoms with Crippen LogP contribution in [0, 0.1) is 6.92 Å². The summed E-state index contributed by atoms with van der Waals surface area (Å²) in [6, 6.07) is -0.393. The van der Waals surface area contributed by atoms with Gasteiger partial charge in [-0.1, -0.05) is 0 Å². The van der Waals surface area contributed by atoms with Crippen molar-refractivity contribution in [2.45, 2.75) is 51.2 Å². The summed E-state index contributed by atoms with van der Waals surface area (Å²) in [4.78, 5) is 40.9. The van der Waals surface area contributed by atoms with Crippen LogP contribution in [-0.2, 0) is 16.0 Å². The van der Waals surface area contributed by atoms with Gasteiger partial charge in [0.1, 0.15) is 5.69 Å². The second-order valence-corrected chi connectivity index (χ2v) is 6.56. The number of aromatic nitrogens is 1. The van der Waals surface area contributed by atoms with E-state index in [4.69, 9.17) is 9.84 Å². The lowest BCUT2D eigenvalue weighted by Crippen LogP contribution is -2.37. The van der Waals surface area contributed by atoms with Crippen LogP contribution in [0.4, 0.5) is 0 Å². The number of ether oxygens (including phenoxy) is 1. The number of H-pyrrole nitrogens is 1. The number of fused-ring (bicyclic) bond motifs is 1. The molecule has 2 atom stereocenters. The number of nitrogens with zero attached hydrogens (tertiary/aromatic N) is 1. The molecule has 1 aliphatic carbocycles. The van der Waals surface area contributed by atoms with Crippen LogP contribution in [0.2, 0.25) is 0 Å². The molecule has 1 aliphatic heterocycles. The molecule has 1 aromatic heterocycles. The summed E-state index contributed by atoms with van der Waals surface area (Å²) in [6.45, 7) is 2.15. The van der Waals surface area contributed by atoms with Crippen molar-refractivity contribution in [3.63, 3.8) is 0 Å². The van der Waals surface area contributed by atoms with Gasteiger partial charge in [0.15, 0.2) is 5.78 Å². The number of rotatable bonds is 4. The molecule has 0 saturated carbocycles. The fourth-order valence-electron chi connectivity index (χ4n) is 3.82. The predicted octanol–water partition coefficient (Wildman–Crippen LogP) is 1.55. The molecule has 7 nitrogen and oxygen atoms in total. The van der Waals surface area contributed by atoms with Crippen molar-refractivity contribution in [1.82, 2.24) is 9.88 Å². The van der Waals surface area contributed by atoms with Crippen molar-refractivity contribution < 1.29 is 24.2 Å². The summed E-state index contributed by atoms with van der Waals surface area (Å²) < 4.78 is 5.32. The summed E-state index contributed by atoms with van der Waals surface area (Å²) in [7, 11) is 1.56. The van der Waals surface area contributed by atoms with Gasteiger partial charge in [-0.3, -0.25) is 14.4 Å². The summed E-state index contributed by atoms with van der Waals surface area (Å²) in [6.07, 6.45) is 2.29. The maximum atomic E-state index is 13.0. The zero-order valence-corrected chi connectivity index (χ0v) is 13.9. The molecule has 1 amide bonds. The monoisotopic (exact) mass is 334 g/mol. The average Bonchev–Trinajstić information content (AvgIpc) is 3.08. The maximum absolute atomic E-state index is 13.0. The third-order valence-electron chi connectivity index (χ3n) is 5.03. The highest BCUT2D eigenvalue weighted by atomic mass is 16.5. The second-order valence-electron chi connectivity index (χ2n) is 6.56. The quantitative estimate of drug-likeness (QED) is 0.870. The zero-order chi connectivity index (χ0) is 17.4. The van der Waals surface area contributed by atoms with Gasteiger partial charge < -0.3 is 19.7 Å². The number of likely N-dealkylation sites (tertiary alicyclic amines) is 1. The number of carbonyl (C=O) groups is 3. The Hall–Kier alpha value is -2.15. The van der Waals surface area contributed by atoms with E-state index in [1.54, 1.807) is 18.9 Å². The van der Waals surface area contributed by atoms with Crippen LogP contribution >= 0.6 is 0 Å². The lowest BCUT2D eigenvalue weighted by Gasteiger charge is -2.23. The SMILES string of the molecule is COC1CC(CC(=O)O)N(C(=O)c2[nH]c3c(c2C)C(=O)CCC3)C1. The number of aliphatic carboxylic acids is 1. The number of aryl methyl sites for hydroxylation is 1. The number of carboxylic acid groups (broad SMARTS) is 1. The van der Waals surface area contributed by atoms with E-state index < -0.39 is 12.0 Å². The highest BCUT2D eigenvalue weighted by molar-refractivity contribution is 6.04. The van der Waals surface area contributed by atoms with Crippen molar-refractivity contribution >= 4 is 17.7 Å². The van der Waals surface area contributed by atoms with Crippen LogP contribution in [0.15, 0.2) is 0 Å². The molecule has 24 heavy (non-hydrogen) atoms. The molecule has 1 fully saturated rings. The molecule has 1 saturated heterocycles. The summed E-state index contributed by atoms with van der Waals surface area (Å²) in [5.74, 6) is -1.12. The predicted molar refractivity (Wildman–Crippen MR) is 85.3 cm³/mol. The molecule has 2 unspecified atom stereocenters. The van der Waals surface area contributed by atoms with E-state index in [1.807, 2.05) is 0 Å². The van der Waals surface area contributed by atoms with Crippen LogP contribution in [0.5, 0.6) is 0 Å². The number of hydrogen-bond donors (Lipinski definition) is 2. The fourth-order valence-corrected chi connectivity index (χ4v) is 3.82. The molecule has 0 radical (unpaired) electrons. The third kappa shape index (κ3) is 2.84. The van der Waals surface area contributed by atoms with Crippen LogP contribution < -0.4 is 0 Å². The number of nitrogens with one attached hydrogen (secondary N) is 1. The number of aromatic amines is 1. The van der Waals surface area contributed by atoms with Gasteiger partial charge in [0, 0.05) is 37.4 Å². The Labute approximate surface area is 140 Å². The number of hydrogen-bond acceptors (Lipinski definition) is 4. The van der Waals surface area contributed by atoms with Crippen LogP contribution in [0.25, 0.3) is 0 Å². The minimum atomic E-state index is -0.938. The number of carbonyl (C=O) groups excluding carboxylic acids is 2. The molecule has 2 N–H and O–H groups in total. The summed E-state index contributed by atoms with van der Waals surface area (Å²) >= 11 is 0. The Balaban J connectivity index is 1.90. The molecule has 0 spiro atoms. The van der Waals surface area contributed by atoms with Crippen molar-refractivity contribution in [2.24, 2.45) is 0 Å². The molecular formula is C17H22N2O5. The Bertz CT molecular complexity index is 693. The first-order chi connectivity index (χ1) is 11.4. The fraction of sp³-hybridized carbons (Fsp3) is 0.588. The van der Waals surface area contributed by atoms with E-state index in [2.05, 4.69) is 4.98 Å². The Morgan fingerprint density at radius 3 is 2.75 bits per heavy atom. The highest BCUT2D eigenvalue weighted by Crippen LogP contribution is 2.30. The Morgan fingerprint density at radius 1 is 1.38 bits per heavy atom. The lowest BCUT2D eigenvalue weighted by molar-refractivity contribution is -0.138. The molecule has 0 aromatic carbocycles. The van der Waals surface area contributed by atoms with Crippen molar-refractivity contribution in [1.29, 1.82) is 0 Å². The molecule has 7 heteroatoms.